The van der Waals surface area contributed by atoms with Crippen LogP contribution < -0.4 is 0 Å². The molecule has 6 rings (SSSR count). The molecule has 0 amide bonds. The number of rotatable bonds is 4. The van der Waals surface area contributed by atoms with E-state index in [1.165, 1.54) is 0 Å². The van der Waals surface area contributed by atoms with Gasteiger partial charge in [-0.3, -0.25) is 0 Å². The van der Waals surface area contributed by atoms with Crippen molar-refractivity contribution >= 4 is 29.5 Å². The molecule has 0 aliphatic heterocycles. The van der Waals surface area contributed by atoms with Crippen molar-refractivity contribution in [3.05, 3.63) is 194 Å². The number of ether oxygens (including phenoxy) is 2. The normalized spacial score (nSPS) is 8.20. The Kier molecular flexibility index (Phi) is 91.9. The Bertz CT molecular complexity index is 1750. The predicted octanol–water partition coefficient (Wildman–Crippen LogP) is 17.4. The maximum Gasteiger partial charge on any atom is 0.206 e. The van der Waals surface area contributed by atoms with Crippen molar-refractivity contribution in [1.82, 2.24) is 0 Å². The minimum Gasteiger partial charge on any atom is -0.388 e. The monoisotopic (exact) mass is 1030 g/mol. The first-order chi connectivity index (χ1) is 33.2. The van der Waals surface area contributed by atoms with Crippen molar-refractivity contribution < 1.29 is 34.7 Å². The zero-order chi connectivity index (χ0) is 55.9. The molecule has 0 fully saturated rings. The number of hydrogen-bond acceptors (Lipinski definition) is 8. The maximum atomic E-state index is 12.0. The van der Waals surface area contributed by atoms with E-state index in [1.54, 1.807) is 150 Å². The van der Waals surface area contributed by atoms with E-state index in [1.807, 2.05) is 184 Å². The second-order valence-corrected chi connectivity index (χ2v) is 16.7. The van der Waals surface area contributed by atoms with Gasteiger partial charge in [-0.1, -0.05) is 264 Å². The lowest BCUT2D eigenvalue weighted by Crippen LogP contribution is -2.00. The van der Waals surface area contributed by atoms with Crippen LogP contribution >= 0.6 is 0 Å². The molecular weight excluding hydrogens is 933 g/mol. The van der Waals surface area contributed by atoms with Gasteiger partial charge in [0.1, 0.15) is 9.84 Å². The van der Waals surface area contributed by atoms with Gasteiger partial charge in [0.25, 0.3) is 0 Å². The summed E-state index contributed by atoms with van der Waals surface area (Å²) in [5, 5.41) is 0. The molecule has 0 spiro atoms. The summed E-state index contributed by atoms with van der Waals surface area (Å²) in [6, 6.07) is 57.7. The van der Waals surface area contributed by atoms with Crippen LogP contribution in [0.5, 0.6) is 0 Å². The Balaban J connectivity index is -0.0000000756. The van der Waals surface area contributed by atoms with Gasteiger partial charge in [-0.25, -0.2) is 25.3 Å². The summed E-state index contributed by atoms with van der Waals surface area (Å²) in [4.78, 5) is 1.32. The fourth-order valence-electron chi connectivity index (χ4n) is 3.44. The molecule has 0 saturated heterocycles. The molecule has 0 bridgehead atoms. The molecule has 11 heteroatoms. The number of sulfone groups is 3. The van der Waals surface area contributed by atoms with Gasteiger partial charge in [-0.2, -0.15) is 0 Å². The van der Waals surface area contributed by atoms with E-state index in [9.17, 15) is 25.3 Å². The minimum absolute atomic E-state index is 0. The van der Waals surface area contributed by atoms with E-state index in [2.05, 4.69) is 9.47 Å². The largest absolute Gasteiger partial charge is 0.388 e. The molecule has 0 saturated carbocycles. The summed E-state index contributed by atoms with van der Waals surface area (Å²) in [5.41, 5.74) is 0. The first-order valence-electron chi connectivity index (χ1n) is 23.9. The minimum atomic E-state index is -3.34. The van der Waals surface area contributed by atoms with E-state index in [0.29, 0.717) is 19.6 Å². The van der Waals surface area contributed by atoms with Crippen molar-refractivity contribution in [2.75, 3.05) is 41.0 Å². The fraction of sp³-hybridized carbons (Fsp3) is 0.390. The highest BCUT2D eigenvalue weighted by Crippen LogP contribution is 2.20. The van der Waals surface area contributed by atoms with Crippen LogP contribution in [0.15, 0.2) is 214 Å². The van der Waals surface area contributed by atoms with E-state index in [-0.39, 0.29) is 7.43 Å². The Hall–Kier alpha value is -4.91. The molecule has 404 valence electrons. The van der Waals surface area contributed by atoms with E-state index in [4.69, 9.17) is 0 Å². The molecular formula is C59H102O8S3. The third-order valence-corrected chi connectivity index (χ3v) is 9.12. The van der Waals surface area contributed by atoms with Crippen LogP contribution in [0.1, 0.15) is 118 Å². The van der Waals surface area contributed by atoms with Crippen LogP contribution in [0.2, 0.25) is 0 Å². The molecule has 0 atom stereocenters. The van der Waals surface area contributed by atoms with Crippen molar-refractivity contribution in [2.45, 2.75) is 138 Å². The molecule has 6 aromatic rings. The van der Waals surface area contributed by atoms with E-state index >= 15 is 0 Å². The smallest absolute Gasteiger partial charge is 0.206 e. The van der Waals surface area contributed by atoms with Gasteiger partial charge < -0.3 is 9.47 Å². The first-order valence-corrected chi connectivity index (χ1v) is 29.2. The molecule has 0 unspecified atom stereocenters. The SMILES string of the molecule is C.CC.CC.CC.CC.CC.CC.CC.CC.COC.COC.CS(C)(=O)=O.O=S(=O)(c1ccccc1)c1ccccc1.O=S(=O)(c1ccccc1)c1ccccc1.c1ccccc1.c1ccccc1. The van der Waals surface area contributed by atoms with Crippen LogP contribution in [-0.2, 0) is 39.0 Å². The highest BCUT2D eigenvalue weighted by Gasteiger charge is 2.16. The highest BCUT2D eigenvalue weighted by molar-refractivity contribution is 7.91. The van der Waals surface area contributed by atoms with Gasteiger partial charge >= 0.3 is 0 Å². The Morgan fingerprint density at radius 3 is 0.400 bits per heavy atom. The van der Waals surface area contributed by atoms with Gasteiger partial charge in [0.15, 0.2) is 0 Å². The van der Waals surface area contributed by atoms with Gasteiger partial charge in [-0.15, -0.1) is 0 Å². The topological polar surface area (TPSA) is 121 Å². The third-order valence-electron chi connectivity index (χ3n) is 5.55. The zero-order valence-electron chi connectivity index (χ0n) is 47.0. The summed E-state index contributed by atoms with van der Waals surface area (Å²) in [7, 11) is -2.84. The molecule has 0 radical (unpaired) electrons. The lowest BCUT2D eigenvalue weighted by atomic mass is 10.4. The highest BCUT2D eigenvalue weighted by atomic mass is 32.2. The van der Waals surface area contributed by atoms with Crippen molar-refractivity contribution in [1.29, 1.82) is 0 Å². The van der Waals surface area contributed by atoms with Gasteiger partial charge in [-0.05, 0) is 48.5 Å². The van der Waals surface area contributed by atoms with Crippen LogP contribution in [0.25, 0.3) is 0 Å². The molecule has 8 nitrogen and oxygen atoms in total. The van der Waals surface area contributed by atoms with Gasteiger partial charge in [0, 0.05) is 41.0 Å². The van der Waals surface area contributed by atoms with Crippen LogP contribution in [0, 0.1) is 0 Å². The van der Waals surface area contributed by atoms with Crippen LogP contribution in [0.3, 0.4) is 0 Å². The molecule has 70 heavy (non-hydrogen) atoms. The Morgan fingerprint density at radius 2 is 0.314 bits per heavy atom. The second-order valence-electron chi connectivity index (χ2n) is 10.5. The fourth-order valence-corrected chi connectivity index (χ4v) is 6.05. The van der Waals surface area contributed by atoms with Gasteiger partial charge in [0.05, 0.1) is 19.6 Å². The average molecular weight is 1040 g/mol. The third kappa shape index (κ3) is 61.1. The Labute approximate surface area is 434 Å². The molecule has 0 N–H and O–H groups in total. The molecule has 0 aliphatic rings. The Morgan fingerprint density at radius 1 is 0.243 bits per heavy atom. The summed E-state index contributed by atoms with van der Waals surface area (Å²) in [6.45, 7) is 32.0. The summed E-state index contributed by atoms with van der Waals surface area (Å²) in [6.07, 6.45) is 2.32. The molecule has 0 aromatic heterocycles. The summed E-state index contributed by atoms with van der Waals surface area (Å²) >= 11 is 0. The molecule has 0 heterocycles. The summed E-state index contributed by atoms with van der Waals surface area (Å²) < 4.78 is 75.9. The van der Waals surface area contributed by atoms with Crippen molar-refractivity contribution in [2.24, 2.45) is 0 Å². The second kappa shape index (κ2) is 73.1. The van der Waals surface area contributed by atoms with Gasteiger partial charge in [0.2, 0.25) is 19.7 Å². The first kappa shape index (κ1) is 88.1. The van der Waals surface area contributed by atoms with Crippen molar-refractivity contribution in [3.63, 3.8) is 0 Å². The number of methoxy groups -OCH3 is 2. The maximum absolute atomic E-state index is 12.0. The van der Waals surface area contributed by atoms with Crippen LogP contribution in [-0.4, -0.2) is 66.2 Å². The lowest BCUT2D eigenvalue weighted by Gasteiger charge is -2.03. The van der Waals surface area contributed by atoms with Crippen molar-refractivity contribution in [3.8, 4) is 0 Å². The predicted molar refractivity (Wildman–Crippen MR) is 314 cm³/mol. The quantitative estimate of drug-likeness (QED) is 0.171. The van der Waals surface area contributed by atoms with Crippen LogP contribution in [0.4, 0.5) is 0 Å². The molecule has 6 aromatic carbocycles. The number of benzene rings is 6. The van der Waals surface area contributed by atoms with E-state index in [0.717, 1.165) is 12.5 Å². The average Bonchev–Trinajstić information content (AvgIpc) is 3.43. The number of hydrogen-bond donors (Lipinski definition) is 0. The summed E-state index contributed by atoms with van der Waals surface area (Å²) in [5.74, 6) is 0. The van der Waals surface area contributed by atoms with E-state index < -0.39 is 29.5 Å². The lowest BCUT2D eigenvalue weighted by molar-refractivity contribution is 0.277. The standard InChI is InChI=1S/2C12H10O2S.2C6H6.C2H6O2S.2C2H6O.8C2H6.CH4/c2*13-15(14,11-7-3-1-4-8-11)12-9-5-2-6-10-12;2*1-2-4-6-5-3-1;1-5(2,3)4;2*1-3-2;8*1-2;/h2*1-10H;2*1-6H;1-2H3;2*1-2H3;8*1-2H3;1H4. The molecule has 0 aliphatic carbocycles. The zero-order valence-corrected chi connectivity index (χ0v) is 49.4.